The van der Waals surface area contributed by atoms with Gasteiger partial charge in [0.05, 0.1) is 10.5 Å². The van der Waals surface area contributed by atoms with Crippen LogP contribution < -0.4 is 4.90 Å². The molecule has 0 aliphatic carbocycles. The number of fused-ring (bicyclic) bond motifs is 1. The average molecular weight is 434 g/mol. The molecular weight excluding hydrogens is 418 g/mol. The van der Waals surface area contributed by atoms with Crippen LogP contribution in [0.25, 0.3) is 0 Å². The number of hydrogen-bond donors (Lipinski definition) is 0. The van der Waals surface area contributed by atoms with Gasteiger partial charge in [0.25, 0.3) is 5.91 Å². The molecule has 1 aliphatic rings. The molecule has 5 nitrogen and oxygen atoms in total. The van der Waals surface area contributed by atoms with E-state index in [1.807, 2.05) is 0 Å². The highest BCUT2D eigenvalue weighted by Crippen LogP contribution is 2.32. The van der Waals surface area contributed by atoms with Gasteiger partial charge in [-0.2, -0.15) is 0 Å². The van der Waals surface area contributed by atoms with Crippen LogP contribution in [0.3, 0.4) is 0 Å². The summed E-state index contributed by atoms with van der Waals surface area (Å²) in [4.78, 5) is 18.4. The molecule has 0 radical (unpaired) electrons. The van der Waals surface area contributed by atoms with Gasteiger partial charge in [0.2, 0.25) is 0 Å². The number of thiazole rings is 1. The Balaban J connectivity index is 1.66. The summed E-state index contributed by atoms with van der Waals surface area (Å²) in [6.45, 7) is 0.369. The van der Waals surface area contributed by atoms with Gasteiger partial charge in [-0.25, -0.2) is 22.2 Å². The Morgan fingerprint density at radius 2 is 2.00 bits per heavy atom. The van der Waals surface area contributed by atoms with Crippen molar-refractivity contribution < 1.29 is 22.0 Å². The van der Waals surface area contributed by atoms with Crippen LogP contribution in [0.5, 0.6) is 0 Å². The molecule has 1 aliphatic heterocycles. The third kappa shape index (κ3) is 3.92. The first-order valence-electron chi connectivity index (χ1n) is 8.86. The van der Waals surface area contributed by atoms with Crippen LogP contribution in [0.4, 0.5) is 14.5 Å². The predicted molar refractivity (Wildman–Crippen MR) is 106 cm³/mol. The number of hydrogen-bond acceptors (Lipinski definition) is 5. The Morgan fingerprint density at radius 1 is 1.17 bits per heavy atom. The Labute approximate surface area is 170 Å². The molecular formula is C20H16F2N2O3S2. The second-order valence-electron chi connectivity index (χ2n) is 6.66. The monoisotopic (exact) mass is 434 g/mol. The van der Waals surface area contributed by atoms with Gasteiger partial charge in [-0.1, -0.05) is 0 Å². The van der Waals surface area contributed by atoms with E-state index < -0.39 is 27.4 Å². The van der Waals surface area contributed by atoms with Crippen molar-refractivity contribution in [2.24, 2.45) is 0 Å². The van der Waals surface area contributed by atoms with E-state index in [-0.39, 0.29) is 16.2 Å². The summed E-state index contributed by atoms with van der Waals surface area (Å²) in [7, 11) is -3.58. The summed E-state index contributed by atoms with van der Waals surface area (Å²) in [6.07, 6.45) is 2.77. The van der Waals surface area contributed by atoms with E-state index in [4.69, 9.17) is 0 Å². The number of anilines is 1. The molecule has 9 heteroatoms. The van der Waals surface area contributed by atoms with Crippen molar-refractivity contribution in [1.29, 1.82) is 0 Å². The molecule has 3 aromatic rings. The minimum Gasteiger partial charge on any atom is -0.308 e. The normalized spacial score (nSPS) is 13.9. The summed E-state index contributed by atoms with van der Waals surface area (Å²) >= 11 is 1.27. The number of halogens is 2. The van der Waals surface area contributed by atoms with Gasteiger partial charge in [0.1, 0.15) is 22.4 Å². The molecule has 4 rings (SSSR count). The molecule has 0 fully saturated rings. The van der Waals surface area contributed by atoms with Gasteiger partial charge < -0.3 is 4.90 Å². The standard InChI is InChI=1S/C20H16F2N2O3S2/c21-14-3-5-16(17(22)11-14)20(25)24-8-1-2-13-10-15(4-6-18(13)24)29(26,27)12-19-23-7-9-28-19/h3-7,9-11H,1-2,8,12H2. The summed E-state index contributed by atoms with van der Waals surface area (Å²) < 4.78 is 52.6. The van der Waals surface area contributed by atoms with Crippen molar-refractivity contribution in [2.45, 2.75) is 23.5 Å². The molecule has 2 aromatic carbocycles. The van der Waals surface area contributed by atoms with E-state index in [9.17, 15) is 22.0 Å². The fraction of sp³-hybridized carbons (Fsp3) is 0.200. The summed E-state index contributed by atoms with van der Waals surface area (Å²) in [5.41, 5.74) is 1.02. The molecule has 1 amide bonds. The average Bonchev–Trinajstić information content (AvgIpc) is 3.19. The van der Waals surface area contributed by atoms with Gasteiger partial charge in [-0.15, -0.1) is 11.3 Å². The highest BCUT2D eigenvalue weighted by atomic mass is 32.2. The predicted octanol–water partition coefficient (Wildman–Crippen LogP) is 3.99. The number of sulfone groups is 1. The van der Waals surface area contributed by atoms with Crippen molar-refractivity contribution in [2.75, 3.05) is 11.4 Å². The lowest BCUT2D eigenvalue weighted by molar-refractivity contribution is 0.0981. The van der Waals surface area contributed by atoms with E-state index in [0.29, 0.717) is 41.7 Å². The maximum absolute atomic E-state index is 14.1. The van der Waals surface area contributed by atoms with Crippen LogP contribution in [0.15, 0.2) is 52.9 Å². The number of aromatic nitrogens is 1. The molecule has 2 heterocycles. The third-order valence-corrected chi connectivity index (χ3v) is 7.32. The largest absolute Gasteiger partial charge is 0.308 e. The summed E-state index contributed by atoms with van der Waals surface area (Å²) in [5.74, 6) is -2.45. The lowest BCUT2D eigenvalue weighted by Crippen LogP contribution is -2.36. The minimum absolute atomic E-state index is 0.161. The molecule has 0 bridgehead atoms. The van der Waals surface area contributed by atoms with Crippen LogP contribution in [0.1, 0.15) is 27.3 Å². The number of amides is 1. The van der Waals surface area contributed by atoms with E-state index in [2.05, 4.69) is 4.98 Å². The Morgan fingerprint density at radius 3 is 2.72 bits per heavy atom. The molecule has 0 saturated heterocycles. The maximum Gasteiger partial charge on any atom is 0.261 e. The maximum atomic E-state index is 14.1. The highest BCUT2D eigenvalue weighted by Gasteiger charge is 2.27. The van der Waals surface area contributed by atoms with E-state index in [0.717, 1.165) is 12.1 Å². The second-order valence-corrected chi connectivity index (χ2v) is 9.63. The number of nitrogens with zero attached hydrogens (tertiary/aromatic N) is 2. The van der Waals surface area contributed by atoms with Crippen molar-refractivity contribution in [3.63, 3.8) is 0 Å². The zero-order valence-electron chi connectivity index (χ0n) is 15.1. The zero-order chi connectivity index (χ0) is 20.6. The van der Waals surface area contributed by atoms with Crippen LogP contribution in [0.2, 0.25) is 0 Å². The SMILES string of the molecule is O=C(c1ccc(F)cc1F)N1CCCc2cc(S(=O)(=O)Cc3nccs3)ccc21. The molecule has 0 atom stereocenters. The summed E-state index contributed by atoms with van der Waals surface area (Å²) in [6, 6.07) is 7.42. The molecule has 29 heavy (non-hydrogen) atoms. The Kier molecular flexibility index (Phi) is 5.18. The number of benzene rings is 2. The zero-order valence-corrected chi connectivity index (χ0v) is 16.8. The fourth-order valence-electron chi connectivity index (χ4n) is 3.36. The number of rotatable bonds is 4. The van der Waals surface area contributed by atoms with Gasteiger partial charge in [-0.3, -0.25) is 4.79 Å². The first-order valence-corrected chi connectivity index (χ1v) is 11.4. The van der Waals surface area contributed by atoms with Crippen molar-refractivity contribution in [3.05, 3.63) is 75.7 Å². The first kappa shape index (κ1) is 19.7. The highest BCUT2D eigenvalue weighted by molar-refractivity contribution is 7.90. The van der Waals surface area contributed by atoms with Crippen LogP contribution in [-0.4, -0.2) is 25.9 Å². The number of carbonyl (C=O) groups excluding carboxylic acids is 1. The van der Waals surface area contributed by atoms with Crippen molar-refractivity contribution >= 4 is 32.8 Å². The molecule has 0 spiro atoms. The van der Waals surface area contributed by atoms with Gasteiger partial charge >= 0.3 is 0 Å². The molecule has 1 aromatic heterocycles. The Hall–Kier alpha value is -2.65. The van der Waals surface area contributed by atoms with E-state index in [1.54, 1.807) is 23.7 Å². The number of carbonyl (C=O) groups is 1. The molecule has 0 saturated carbocycles. The van der Waals surface area contributed by atoms with Crippen molar-refractivity contribution in [1.82, 2.24) is 4.98 Å². The van der Waals surface area contributed by atoms with Gasteiger partial charge in [0, 0.05) is 29.9 Å². The fourth-order valence-corrected chi connectivity index (χ4v) is 5.66. The lowest BCUT2D eigenvalue weighted by atomic mass is 10.0. The van der Waals surface area contributed by atoms with Crippen molar-refractivity contribution in [3.8, 4) is 0 Å². The van der Waals surface area contributed by atoms with Crippen LogP contribution in [0, 0.1) is 11.6 Å². The molecule has 0 N–H and O–H groups in total. The van der Waals surface area contributed by atoms with Crippen LogP contribution >= 0.6 is 11.3 Å². The minimum atomic E-state index is -3.58. The van der Waals surface area contributed by atoms with Gasteiger partial charge in [0.15, 0.2) is 9.84 Å². The lowest BCUT2D eigenvalue weighted by Gasteiger charge is -2.30. The first-order chi connectivity index (χ1) is 13.8. The second kappa shape index (κ2) is 7.64. The third-order valence-electron chi connectivity index (χ3n) is 4.73. The molecule has 0 unspecified atom stereocenters. The van der Waals surface area contributed by atoms with E-state index in [1.165, 1.54) is 22.3 Å². The van der Waals surface area contributed by atoms with Gasteiger partial charge in [-0.05, 0) is 48.7 Å². The topological polar surface area (TPSA) is 67.3 Å². The summed E-state index contributed by atoms with van der Waals surface area (Å²) in [5, 5.41) is 2.22. The number of aryl methyl sites for hydroxylation is 1. The van der Waals surface area contributed by atoms with E-state index >= 15 is 0 Å². The Bertz CT molecular complexity index is 1180. The van der Waals surface area contributed by atoms with Crippen LogP contribution in [-0.2, 0) is 22.0 Å². The molecule has 150 valence electrons. The smallest absolute Gasteiger partial charge is 0.261 e. The quantitative estimate of drug-likeness (QED) is 0.623.